The number of benzene rings is 2. The second-order valence-corrected chi connectivity index (χ2v) is 7.98. The predicted molar refractivity (Wildman–Crippen MR) is 117 cm³/mol. The zero-order valence-electron chi connectivity index (χ0n) is 16.7. The van der Waals surface area contributed by atoms with Crippen LogP contribution in [-0.2, 0) is 14.3 Å². The number of non-ortho nitro benzene ring substituents is 1. The molecule has 0 fully saturated rings. The molecule has 2 amide bonds. The summed E-state index contributed by atoms with van der Waals surface area (Å²) >= 11 is 7.11. The van der Waals surface area contributed by atoms with E-state index in [0.29, 0.717) is 4.90 Å². The average molecular weight is 466 g/mol. The summed E-state index contributed by atoms with van der Waals surface area (Å²) in [5, 5.41) is 16.1. The summed E-state index contributed by atoms with van der Waals surface area (Å²) < 4.78 is 5.05. The van der Waals surface area contributed by atoms with Crippen LogP contribution in [0, 0.1) is 10.1 Å². The zero-order chi connectivity index (χ0) is 23.0. The van der Waals surface area contributed by atoms with Gasteiger partial charge in [-0.05, 0) is 32.0 Å². The van der Waals surface area contributed by atoms with Crippen molar-refractivity contribution in [3.05, 3.63) is 63.2 Å². The third-order valence-electron chi connectivity index (χ3n) is 3.68. The fourth-order valence-corrected chi connectivity index (χ4v) is 3.40. The summed E-state index contributed by atoms with van der Waals surface area (Å²) in [6.07, 6.45) is 0. The number of halogens is 1. The van der Waals surface area contributed by atoms with Gasteiger partial charge in [0, 0.05) is 23.1 Å². The number of ether oxygens (including phenoxy) is 1. The topological polar surface area (TPSA) is 128 Å². The second-order valence-electron chi connectivity index (χ2n) is 6.55. The number of carbonyl (C=O) groups is 3. The lowest BCUT2D eigenvalue weighted by Gasteiger charge is -2.11. The molecule has 2 N–H and O–H groups in total. The van der Waals surface area contributed by atoms with Crippen molar-refractivity contribution in [2.24, 2.45) is 0 Å². The first-order chi connectivity index (χ1) is 14.7. The quantitative estimate of drug-likeness (QED) is 0.250. The lowest BCUT2D eigenvalue weighted by molar-refractivity contribution is -0.384. The zero-order valence-corrected chi connectivity index (χ0v) is 18.3. The summed E-state index contributed by atoms with van der Waals surface area (Å²) in [4.78, 5) is 47.1. The van der Waals surface area contributed by atoms with Crippen molar-refractivity contribution in [1.29, 1.82) is 0 Å². The molecule has 0 aromatic heterocycles. The Kier molecular flexibility index (Phi) is 8.83. The molecular formula is C20H20ClN3O6S. The number of nitrogens with zero attached hydrogens (tertiary/aromatic N) is 1. The molecule has 2 aromatic carbocycles. The smallest absolute Gasteiger partial charge is 0.339 e. The van der Waals surface area contributed by atoms with Crippen LogP contribution >= 0.6 is 23.4 Å². The Labute approximate surface area is 187 Å². The summed E-state index contributed by atoms with van der Waals surface area (Å²) in [5.74, 6) is -1.50. The Hall–Kier alpha value is -3.11. The van der Waals surface area contributed by atoms with E-state index < -0.39 is 23.4 Å². The van der Waals surface area contributed by atoms with Crippen LogP contribution in [0.25, 0.3) is 0 Å². The first-order valence-electron chi connectivity index (χ1n) is 9.09. The molecule has 0 atom stereocenters. The maximum Gasteiger partial charge on any atom is 0.339 e. The van der Waals surface area contributed by atoms with Crippen molar-refractivity contribution in [2.45, 2.75) is 24.8 Å². The molecule has 0 aliphatic rings. The van der Waals surface area contributed by atoms with Gasteiger partial charge in [-0.25, -0.2) is 4.79 Å². The van der Waals surface area contributed by atoms with E-state index in [4.69, 9.17) is 16.3 Å². The van der Waals surface area contributed by atoms with Crippen LogP contribution in [0.3, 0.4) is 0 Å². The van der Waals surface area contributed by atoms with Crippen molar-refractivity contribution in [2.75, 3.05) is 17.7 Å². The molecule has 2 aromatic rings. The van der Waals surface area contributed by atoms with E-state index >= 15 is 0 Å². The van der Waals surface area contributed by atoms with E-state index in [9.17, 15) is 24.5 Å². The first kappa shape index (κ1) is 24.2. The van der Waals surface area contributed by atoms with Gasteiger partial charge in [0.05, 0.1) is 26.9 Å². The summed E-state index contributed by atoms with van der Waals surface area (Å²) in [5.41, 5.74) is -0.000727. The highest BCUT2D eigenvalue weighted by atomic mass is 35.5. The van der Waals surface area contributed by atoms with Crippen molar-refractivity contribution in [3.63, 3.8) is 0 Å². The van der Waals surface area contributed by atoms with Gasteiger partial charge in [-0.15, -0.1) is 11.8 Å². The molecule has 0 radical (unpaired) electrons. The molecule has 0 bridgehead atoms. The minimum Gasteiger partial charge on any atom is -0.452 e. The molecule has 0 spiro atoms. The van der Waals surface area contributed by atoms with Crippen molar-refractivity contribution in [3.8, 4) is 0 Å². The lowest BCUT2D eigenvalue weighted by Crippen LogP contribution is -2.31. The largest absolute Gasteiger partial charge is 0.452 e. The molecule has 0 aliphatic carbocycles. The number of amides is 2. The third kappa shape index (κ3) is 7.58. The number of nitro benzene ring substituents is 1. The van der Waals surface area contributed by atoms with E-state index in [2.05, 4.69) is 10.6 Å². The van der Waals surface area contributed by atoms with E-state index in [1.165, 1.54) is 30.0 Å². The normalized spacial score (nSPS) is 10.5. The predicted octanol–water partition coefficient (Wildman–Crippen LogP) is 3.66. The summed E-state index contributed by atoms with van der Waals surface area (Å²) in [6.45, 7) is 3.07. The van der Waals surface area contributed by atoms with Gasteiger partial charge in [-0.3, -0.25) is 19.7 Å². The Morgan fingerprint density at radius 2 is 1.87 bits per heavy atom. The van der Waals surface area contributed by atoms with E-state index in [1.54, 1.807) is 18.2 Å². The Balaban J connectivity index is 1.97. The third-order valence-corrected chi connectivity index (χ3v) is 5.09. The maximum atomic E-state index is 12.4. The summed E-state index contributed by atoms with van der Waals surface area (Å²) in [7, 11) is 0. The fraction of sp³-hybridized carbons (Fsp3) is 0.250. The Morgan fingerprint density at radius 3 is 2.55 bits per heavy atom. The van der Waals surface area contributed by atoms with Crippen LogP contribution < -0.4 is 10.6 Å². The standard InChI is InChI=1S/C20H20ClN3O6S/c1-12(2)22-19(26)11-31-17-6-4-3-5-14(17)20(27)30-10-18(25)23-16-9-13(24(28)29)7-8-15(16)21/h3-9,12H,10-11H2,1-2H3,(H,22,26)(H,23,25). The molecule has 0 aliphatic heterocycles. The highest BCUT2D eigenvalue weighted by Gasteiger charge is 2.17. The van der Waals surface area contributed by atoms with Crippen molar-refractivity contribution in [1.82, 2.24) is 5.32 Å². The van der Waals surface area contributed by atoms with Gasteiger partial charge in [0.15, 0.2) is 6.61 Å². The minimum atomic E-state index is -0.743. The van der Waals surface area contributed by atoms with Gasteiger partial charge in [0.2, 0.25) is 5.91 Å². The van der Waals surface area contributed by atoms with Gasteiger partial charge < -0.3 is 15.4 Å². The van der Waals surface area contributed by atoms with Crippen LogP contribution in [0.1, 0.15) is 24.2 Å². The number of thioether (sulfide) groups is 1. The number of rotatable bonds is 9. The minimum absolute atomic E-state index is 0.00590. The summed E-state index contributed by atoms with van der Waals surface area (Å²) in [6, 6.07) is 10.2. The first-order valence-corrected chi connectivity index (χ1v) is 10.5. The number of hydrogen-bond acceptors (Lipinski definition) is 7. The number of carbonyl (C=O) groups excluding carboxylic acids is 3. The van der Waals surface area contributed by atoms with E-state index in [0.717, 1.165) is 6.07 Å². The molecule has 2 rings (SSSR count). The molecule has 11 heteroatoms. The van der Waals surface area contributed by atoms with Crippen LogP contribution in [0.15, 0.2) is 47.4 Å². The average Bonchev–Trinajstić information content (AvgIpc) is 2.71. The van der Waals surface area contributed by atoms with Crippen molar-refractivity contribution < 1.29 is 24.0 Å². The van der Waals surface area contributed by atoms with Gasteiger partial charge >= 0.3 is 5.97 Å². The molecule has 0 unspecified atom stereocenters. The van der Waals surface area contributed by atoms with Gasteiger partial charge in [-0.2, -0.15) is 0 Å². The lowest BCUT2D eigenvalue weighted by atomic mass is 10.2. The van der Waals surface area contributed by atoms with Gasteiger partial charge in [0.25, 0.3) is 11.6 Å². The molecule has 0 saturated heterocycles. The van der Waals surface area contributed by atoms with E-state index in [-0.39, 0.29) is 39.7 Å². The molecule has 0 saturated carbocycles. The van der Waals surface area contributed by atoms with Gasteiger partial charge in [-0.1, -0.05) is 23.7 Å². The van der Waals surface area contributed by atoms with Crippen LogP contribution in [-0.4, -0.2) is 41.1 Å². The van der Waals surface area contributed by atoms with Gasteiger partial charge in [0.1, 0.15) is 0 Å². The molecular weight excluding hydrogens is 446 g/mol. The SMILES string of the molecule is CC(C)NC(=O)CSc1ccccc1C(=O)OCC(=O)Nc1cc([N+](=O)[O-])ccc1Cl. The number of esters is 1. The Bertz CT molecular complexity index is 999. The highest BCUT2D eigenvalue weighted by molar-refractivity contribution is 8.00. The number of nitrogens with one attached hydrogen (secondary N) is 2. The molecule has 0 heterocycles. The van der Waals surface area contributed by atoms with Crippen LogP contribution in [0.2, 0.25) is 5.02 Å². The number of anilines is 1. The second kappa shape index (κ2) is 11.3. The van der Waals surface area contributed by atoms with Crippen LogP contribution in [0.5, 0.6) is 0 Å². The van der Waals surface area contributed by atoms with E-state index in [1.807, 2.05) is 13.8 Å². The van der Waals surface area contributed by atoms with Crippen molar-refractivity contribution >= 4 is 52.5 Å². The Morgan fingerprint density at radius 1 is 1.16 bits per heavy atom. The molecule has 31 heavy (non-hydrogen) atoms. The maximum absolute atomic E-state index is 12.4. The fourth-order valence-electron chi connectivity index (χ4n) is 2.39. The number of hydrogen-bond donors (Lipinski definition) is 2. The highest BCUT2D eigenvalue weighted by Crippen LogP contribution is 2.27. The van der Waals surface area contributed by atoms with Crippen LogP contribution in [0.4, 0.5) is 11.4 Å². The monoisotopic (exact) mass is 465 g/mol. The molecule has 164 valence electrons. The molecule has 9 nitrogen and oxygen atoms in total. The number of nitro groups is 1.